The maximum atomic E-state index is 13.0. The standard InChI is InChI=1S/C31H43NO5SSi/c1-30(2,3)39(5,6)37-22-10-14-24-21(19-22)9-13-26-25(24)17-18-31(4)27(26)15-16-28(31)36-29(33)20-7-11-23(12-8-20)38(32,34)35/h7-8,10-12,14,19,25-28H,9,13,15-18H2,1-6H3,(H2,32,34,35)/t25?,26?,27?,28-,31-/m0/s1. The van der Waals surface area contributed by atoms with Gasteiger partial charge in [0.15, 0.2) is 0 Å². The fourth-order valence-corrected chi connectivity index (χ4v) is 8.73. The third-order valence-corrected chi connectivity index (χ3v) is 15.7. The second kappa shape index (κ2) is 9.74. The van der Waals surface area contributed by atoms with Crippen LogP contribution in [0.3, 0.4) is 0 Å². The van der Waals surface area contributed by atoms with Crippen LogP contribution in [0.2, 0.25) is 18.1 Å². The first kappa shape index (κ1) is 28.4. The highest BCUT2D eigenvalue weighted by Crippen LogP contribution is 2.61. The largest absolute Gasteiger partial charge is 0.543 e. The monoisotopic (exact) mass is 569 g/mol. The molecule has 2 saturated carbocycles. The molecular weight excluding hydrogens is 526 g/mol. The summed E-state index contributed by atoms with van der Waals surface area (Å²) in [7, 11) is -5.68. The number of hydrogen-bond donors (Lipinski definition) is 1. The van der Waals surface area contributed by atoms with Crippen LogP contribution in [0.15, 0.2) is 47.4 Å². The van der Waals surface area contributed by atoms with E-state index >= 15 is 0 Å². The molecule has 0 bridgehead atoms. The van der Waals surface area contributed by atoms with Crippen molar-refractivity contribution >= 4 is 24.3 Å². The van der Waals surface area contributed by atoms with Gasteiger partial charge in [-0.05, 0) is 122 Å². The van der Waals surface area contributed by atoms with Crippen LogP contribution in [0.25, 0.3) is 0 Å². The van der Waals surface area contributed by atoms with Gasteiger partial charge in [-0.15, -0.1) is 0 Å². The lowest BCUT2D eigenvalue weighted by Gasteiger charge is -2.50. The van der Waals surface area contributed by atoms with Crippen LogP contribution < -0.4 is 9.56 Å². The van der Waals surface area contributed by atoms with Crippen LogP contribution in [-0.2, 0) is 21.2 Å². The number of carbonyl (C=O) groups excluding carboxylic acids is 1. The number of sulfonamides is 1. The molecule has 0 aromatic heterocycles. The minimum atomic E-state index is -3.80. The zero-order valence-electron chi connectivity index (χ0n) is 24.1. The lowest BCUT2D eigenvalue weighted by Crippen LogP contribution is -2.45. The van der Waals surface area contributed by atoms with E-state index < -0.39 is 24.3 Å². The van der Waals surface area contributed by atoms with E-state index in [9.17, 15) is 13.2 Å². The summed E-state index contributed by atoms with van der Waals surface area (Å²) in [5, 5.41) is 5.35. The van der Waals surface area contributed by atoms with Crippen molar-refractivity contribution in [3.63, 3.8) is 0 Å². The van der Waals surface area contributed by atoms with Crippen molar-refractivity contribution in [1.29, 1.82) is 0 Å². The van der Waals surface area contributed by atoms with Crippen LogP contribution in [0.5, 0.6) is 5.75 Å². The van der Waals surface area contributed by atoms with Crippen LogP contribution in [0, 0.1) is 17.3 Å². The topological polar surface area (TPSA) is 95.7 Å². The Labute approximate surface area is 234 Å². The zero-order chi connectivity index (χ0) is 28.4. The first-order valence-corrected chi connectivity index (χ1v) is 18.7. The molecule has 5 atom stereocenters. The van der Waals surface area contributed by atoms with Gasteiger partial charge in [0.25, 0.3) is 0 Å². The van der Waals surface area contributed by atoms with Crippen molar-refractivity contribution in [3.05, 3.63) is 59.2 Å². The Morgan fingerprint density at radius 3 is 2.36 bits per heavy atom. The molecule has 0 amide bonds. The number of rotatable bonds is 5. The van der Waals surface area contributed by atoms with Crippen LogP contribution in [0.4, 0.5) is 0 Å². The van der Waals surface area contributed by atoms with Gasteiger partial charge in [-0.2, -0.15) is 0 Å². The number of carbonyl (C=O) groups is 1. The molecule has 3 aliphatic rings. The molecule has 0 aliphatic heterocycles. The average molecular weight is 570 g/mol. The summed E-state index contributed by atoms with van der Waals surface area (Å²) < 4.78 is 35.8. The first-order valence-electron chi connectivity index (χ1n) is 14.3. The zero-order valence-corrected chi connectivity index (χ0v) is 25.9. The Balaban J connectivity index is 1.29. The maximum absolute atomic E-state index is 13.0. The third kappa shape index (κ3) is 5.20. The van der Waals surface area contributed by atoms with E-state index in [4.69, 9.17) is 14.3 Å². The highest BCUT2D eigenvalue weighted by molar-refractivity contribution is 7.89. The first-order chi connectivity index (χ1) is 18.1. The molecule has 0 spiro atoms. The molecule has 0 saturated heterocycles. The Morgan fingerprint density at radius 1 is 1.03 bits per heavy atom. The van der Waals surface area contributed by atoms with E-state index in [2.05, 4.69) is 59.0 Å². The molecule has 2 aromatic rings. The van der Waals surface area contributed by atoms with Gasteiger partial charge in [-0.3, -0.25) is 0 Å². The van der Waals surface area contributed by atoms with Gasteiger partial charge in [0, 0.05) is 5.41 Å². The molecule has 5 rings (SSSR count). The smallest absolute Gasteiger partial charge is 0.338 e. The van der Waals surface area contributed by atoms with Gasteiger partial charge < -0.3 is 9.16 Å². The third-order valence-electron chi connectivity index (χ3n) is 10.5. The normalized spacial score (nSPS) is 28.7. The number of nitrogens with two attached hydrogens (primary N) is 1. The van der Waals surface area contributed by atoms with Crippen molar-refractivity contribution in [3.8, 4) is 5.75 Å². The van der Waals surface area contributed by atoms with E-state index in [0.29, 0.717) is 23.3 Å². The average Bonchev–Trinajstić information content (AvgIpc) is 3.18. The molecule has 6 nitrogen and oxygen atoms in total. The number of aryl methyl sites for hydroxylation is 1. The van der Waals surface area contributed by atoms with Crippen molar-refractivity contribution in [2.45, 2.75) is 101 Å². The summed E-state index contributed by atoms with van der Waals surface area (Å²) >= 11 is 0. The van der Waals surface area contributed by atoms with E-state index in [1.807, 2.05) is 0 Å². The Bertz CT molecular complexity index is 1360. The number of primary sulfonamides is 1. The lowest BCUT2D eigenvalue weighted by atomic mass is 9.55. The van der Waals surface area contributed by atoms with E-state index in [1.54, 1.807) is 0 Å². The molecule has 2 N–H and O–H groups in total. The summed E-state index contributed by atoms with van der Waals surface area (Å²) in [5.41, 5.74) is 3.25. The van der Waals surface area contributed by atoms with Gasteiger partial charge in [-0.1, -0.05) is 33.8 Å². The SMILES string of the molecule is CC(C)(C)[Si](C)(C)Oc1ccc2c(c1)CCC1C2CC[C@@]2(C)C1CC[C@@H]2OC(=O)c1ccc(S(N)(=O)=O)cc1. The molecule has 3 aliphatic carbocycles. The number of benzene rings is 2. The molecule has 2 fully saturated rings. The molecule has 0 radical (unpaired) electrons. The van der Waals surface area contributed by atoms with Gasteiger partial charge >= 0.3 is 5.97 Å². The second-order valence-corrected chi connectivity index (χ2v) is 20.0. The summed E-state index contributed by atoms with van der Waals surface area (Å²) in [5.74, 6) is 2.29. The summed E-state index contributed by atoms with van der Waals surface area (Å²) in [4.78, 5) is 13.0. The van der Waals surface area contributed by atoms with Gasteiger partial charge in [-0.25, -0.2) is 18.4 Å². The highest BCUT2D eigenvalue weighted by Gasteiger charge is 2.56. The minimum absolute atomic E-state index is 0.0125. The molecule has 39 heavy (non-hydrogen) atoms. The van der Waals surface area contributed by atoms with Gasteiger partial charge in [0.1, 0.15) is 11.9 Å². The highest BCUT2D eigenvalue weighted by atomic mass is 32.2. The molecule has 0 heterocycles. The summed E-state index contributed by atoms with van der Waals surface area (Å²) in [6.07, 6.45) is 6.18. The predicted octanol–water partition coefficient (Wildman–Crippen LogP) is 6.80. The second-order valence-electron chi connectivity index (χ2n) is 13.7. The Morgan fingerprint density at radius 2 is 1.72 bits per heavy atom. The quantitative estimate of drug-likeness (QED) is 0.316. The minimum Gasteiger partial charge on any atom is -0.543 e. The van der Waals surface area contributed by atoms with E-state index in [1.165, 1.54) is 35.4 Å². The molecule has 3 unspecified atom stereocenters. The molecule has 8 heteroatoms. The van der Waals surface area contributed by atoms with Crippen molar-refractivity contribution in [2.24, 2.45) is 22.4 Å². The summed E-state index contributed by atoms with van der Waals surface area (Å²) in [6, 6.07) is 12.5. The van der Waals surface area contributed by atoms with Gasteiger partial charge in [0.2, 0.25) is 18.3 Å². The fourth-order valence-electron chi connectivity index (χ4n) is 7.19. The lowest BCUT2D eigenvalue weighted by molar-refractivity contribution is -0.0427. The predicted molar refractivity (Wildman–Crippen MR) is 156 cm³/mol. The van der Waals surface area contributed by atoms with Gasteiger partial charge in [0.05, 0.1) is 10.5 Å². The van der Waals surface area contributed by atoms with Crippen LogP contribution in [0.1, 0.15) is 87.2 Å². The molecule has 2 aromatic carbocycles. The van der Waals surface area contributed by atoms with Crippen LogP contribution in [-0.4, -0.2) is 28.8 Å². The number of fused-ring (bicyclic) bond motifs is 5. The number of ether oxygens (including phenoxy) is 1. The number of esters is 1. The molecular formula is C31H43NO5SSi. The maximum Gasteiger partial charge on any atom is 0.338 e. The van der Waals surface area contributed by atoms with Crippen molar-refractivity contribution in [2.75, 3.05) is 0 Å². The van der Waals surface area contributed by atoms with Crippen molar-refractivity contribution in [1.82, 2.24) is 0 Å². The summed E-state index contributed by atoms with van der Waals surface area (Å²) in [6.45, 7) is 13.7. The Hall–Kier alpha value is -2.16. The van der Waals surface area contributed by atoms with E-state index in [-0.39, 0.29) is 21.5 Å². The van der Waals surface area contributed by atoms with Crippen molar-refractivity contribution < 1.29 is 22.4 Å². The van der Waals surface area contributed by atoms with Crippen LogP contribution >= 0.6 is 0 Å². The number of hydrogen-bond acceptors (Lipinski definition) is 5. The Kier molecular flexibility index (Phi) is 7.08. The molecule has 212 valence electrons. The fraction of sp³-hybridized carbons (Fsp3) is 0.581. The van der Waals surface area contributed by atoms with E-state index in [0.717, 1.165) is 44.3 Å².